The Morgan fingerprint density at radius 1 is 1.10 bits per heavy atom. The highest BCUT2D eigenvalue weighted by atomic mass is 127. The molecule has 4 heteroatoms. The smallest absolute Gasteiger partial charge is 0.146 e. The Kier molecular flexibility index (Phi) is 6.30. The second-order valence-corrected chi connectivity index (χ2v) is 8.52. The molecule has 1 heterocycles. The van der Waals surface area contributed by atoms with Crippen molar-refractivity contribution in [2.45, 2.75) is 65.7 Å². The summed E-state index contributed by atoms with van der Waals surface area (Å²) >= 11 is 8.62. The van der Waals surface area contributed by atoms with Gasteiger partial charge in [-0.05, 0) is 72.4 Å². The van der Waals surface area contributed by atoms with E-state index in [1.54, 1.807) is 0 Å². The average Bonchev–Trinajstić information content (AvgIpc) is 2.43. The molecule has 0 unspecified atom stereocenters. The Hall–Kier alpha value is 0.100. The monoisotopic (exact) mass is 420 g/mol. The molecule has 2 nitrogen and oxygen atoms in total. The average molecular weight is 421 g/mol. The summed E-state index contributed by atoms with van der Waals surface area (Å²) < 4.78 is 1.03. The fraction of sp³-hybridized carbons (Fsp3) is 0.765. The van der Waals surface area contributed by atoms with Crippen molar-refractivity contribution in [1.82, 2.24) is 9.97 Å². The van der Waals surface area contributed by atoms with Crippen LogP contribution in [0.15, 0.2) is 0 Å². The van der Waals surface area contributed by atoms with Crippen LogP contribution >= 0.6 is 34.2 Å². The van der Waals surface area contributed by atoms with Crippen LogP contribution in [0.4, 0.5) is 0 Å². The number of aromatic nitrogens is 2. The minimum atomic E-state index is 0.500. The second-order valence-electron chi connectivity index (χ2n) is 7.09. The predicted molar refractivity (Wildman–Crippen MR) is 97.8 cm³/mol. The molecule has 118 valence electrons. The summed E-state index contributed by atoms with van der Waals surface area (Å²) in [5.41, 5.74) is 1.13. The summed E-state index contributed by atoms with van der Waals surface area (Å²) in [7, 11) is 0. The molecule has 1 saturated carbocycles. The molecule has 1 aliphatic rings. The first kappa shape index (κ1) is 17.5. The van der Waals surface area contributed by atoms with E-state index in [0.29, 0.717) is 17.0 Å². The van der Waals surface area contributed by atoms with Gasteiger partial charge in [-0.25, -0.2) is 9.97 Å². The maximum atomic E-state index is 6.34. The highest BCUT2D eigenvalue weighted by molar-refractivity contribution is 14.1. The first-order chi connectivity index (χ1) is 9.88. The van der Waals surface area contributed by atoms with E-state index in [9.17, 15) is 0 Å². The topological polar surface area (TPSA) is 25.8 Å². The van der Waals surface area contributed by atoms with Crippen molar-refractivity contribution in [3.63, 3.8) is 0 Å². The lowest BCUT2D eigenvalue weighted by Gasteiger charge is -2.30. The lowest BCUT2D eigenvalue weighted by molar-refractivity contribution is 0.254. The lowest BCUT2D eigenvalue weighted by atomic mass is 9.76. The van der Waals surface area contributed by atoms with Gasteiger partial charge in [0.2, 0.25) is 0 Å². The molecule has 0 N–H and O–H groups in total. The Morgan fingerprint density at radius 3 is 2.24 bits per heavy atom. The summed E-state index contributed by atoms with van der Waals surface area (Å²) in [4.78, 5) is 9.44. The van der Waals surface area contributed by atoms with Crippen molar-refractivity contribution in [2.24, 2.45) is 17.8 Å². The van der Waals surface area contributed by atoms with Gasteiger partial charge in [0.15, 0.2) is 0 Å². The molecular weight excluding hydrogens is 395 g/mol. The van der Waals surface area contributed by atoms with Gasteiger partial charge in [0, 0.05) is 5.92 Å². The van der Waals surface area contributed by atoms with Crippen LogP contribution < -0.4 is 0 Å². The molecule has 1 aromatic heterocycles. The zero-order valence-electron chi connectivity index (χ0n) is 13.5. The van der Waals surface area contributed by atoms with Crippen molar-refractivity contribution in [2.75, 3.05) is 0 Å². The van der Waals surface area contributed by atoms with Crippen molar-refractivity contribution in [3.05, 3.63) is 20.2 Å². The Bertz CT molecular complexity index is 480. The van der Waals surface area contributed by atoms with E-state index < -0.39 is 0 Å². The van der Waals surface area contributed by atoms with Gasteiger partial charge >= 0.3 is 0 Å². The largest absolute Gasteiger partial charge is 0.236 e. The van der Waals surface area contributed by atoms with Crippen LogP contribution in [0, 0.1) is 21.3 Å². The Balaban J connectivity index is 2.15. The first-order valence-electron chi connectivity index (χ1n) is 8.10. The van der Waals surface area contributed by atoms with E-state index in [0.717, 1.165) is 33.3 Å². The van der Waals surface area contributed by atoms with Crippen LogP contribution in [0.2, 0.25) is 5.15 Å². The van der Waals surface area contributed by atoms with Gasteiger partial charge in [-0.1, -0.05) is 39.3 Å². The van der Waals surface area contributed by atoms with Crippen molar-refractivity contribution < 1.29 is 0 Å². The van der Waals surface area contributed by atoms with E-state index in [1.807, 2.05) is 0 Å². The molecule has 1 aliphatic carbocycles. The quantitative estimate of drug-likeness (QED) is 0.450. The van der Waals surface area contributed by atoms with Crippen molar-refractivity contribution >= 4 is 34.2 Å². The normalized spacial score (nSPS) is 23.0. The summed E-state index contributed by atoms with van der Waals surface area (Å²) in [5.74, 6) is 3.74. The summed E-state index contributed by atoms with van der Waals surface area (Å²) in [5, 5.41) is 0.641. The molecule has 21 heavy (non-hydrogen) atoms. The van der Waals surface area contributed by atoms with Gasteiger partial charge in [0.25, 0.3) is 0 Å². The van der Waals surface area contributed by atoms with Gasteiger partial charge in [-0.15, -0.1) is 0 Å². The SMILES string of the molecule is CC(C)Cc1nc(C2CCC(C(C)C)CC2)nc(Cl)c1I. The van der Waals surface area contributed by atoms with E-state index >= 15 is 0 Å². The predicted octanol–water partition coefficient (Wildman–Crippen LogP) is 5.86. The zero-order chi connectivity index (χ0) is 15.6. The fourth-order valence-corrected chi connectivity index (χ4v) is 3.89. The molecule has 0 bridgehead atoms. The van der Waals surface area contributed by atoms with E-state index in [-0.39, 0.29) is 0 Å². The minimum Gasteiger partial charge on any atom is -0.236 e. The molecule has 0 spiro atoms. The standard InChI is InChI=1S/C17H26ClIN2/c1-10(2)9-14-15(19)16(18)21-17(20-14)13-7-5-12(6-8-13)11(3)4/h10-13H,5-9H2,1-4H3. The third kappa shape index (κ3) is 4.54. The molecule has 0 amide bonds. The summed E-state index contributed by atoms with van der Waals surface area (Å²) in [6.07, 6.45) is 6.00. The maximum absolute atomic E-state index is 6.34. The second kappa shape index (κ2) is 7.58. The number of rotatable bonds is 4. The molecule has 0 atom stereocenters. The molecule has 0 saturated heterocycles. The van der Waals surface area contributed by atoms with Gasteiger partial charge in [0.1, 0.15) is 11.0 Å². The van der Waals surface area contributed by atoms with Gasteiger partial charge in [0.05, 0.1) is 9.26 Å². The van der Waals surface area contributed by atoms with Crippen molar-refractivity contribution in [3.8, 4) is 0 Å². The number of halogens is 2. The van der Waals surface area contributed by atoms with E-state index in [2.05, 4.69) is 55.3 Å². The zero-order valence-corrected chi connectivity index (χ0v) is 16.4. The van der Waals surface area contributed by atoms with E-state index in [1.165, 1.54) is 25.7 Å². The van der Waals surface area contributed by atoms with Crippen molar-refractivity contribution in [1.29, 1.82) is 0 Å². The van der Waals surface area contributed by atoms with Crippen LogP contribution in [0.1, 0.15) is 70.8 Å². The molecule has 1 aromatic rings. The fourth-order valence-electron chi connectivity index (χ4n) is 3.23. The van der Waals surface area contributed by atoms with Crippen LogP contribution in [0.25, 0.3) is 0 Å². The minimum absolute atomic E-state index is 0.500. The first-order valence-corrected chi connectivity index (χ1v) is 9.56. The number of hydrogen-bond acceptors (Lipinski definition) is 2. The Morgan fingerprint density at radius 2 is 1.71 bits per heavy atom. The molecule has 0 radical (unpaired) electrons. The molecule has 0 aromatic carbocycles. The van der Waals surface area contributed by atoms with Gasteiger partial charge < -0.3 is 0 Å². The molecule has 2 rings (SSSR count). The van der Waals surface area contributed by atoms with Gasteiger partial charge in [-0.2, -0.15) is 0 Å². The number of nitrogens with zero attached hydrogens (tertiary/aromatic N) is 2. The highest BCUT2D eigenvalue weighted by Crippen LogP contribution is 2.38. The lowest BCUT2D eigenvalue weighted by Crippen LogP contribution is -2.20. The number of hydrogen-bond donors (Lipinski definition) is 0. The molecular formula is C17H26ClIN2. The molecule has 1 fully saturated rings. The third-order valence-corrected chi connectivity index (χ3v) is 6.30. The third-order valence-electron chi connectivity index (χ3n) is 4.58. The summed E-state index contributed by atoms with van der Waals surface area (Å²) in [6.45, 7) is 9.12. The van der Waals surface area contributed by atoms with Crippen LogP contribution in [-0.2, 0) is 6.42 Å². The van der Waals surface area contributed by atoms with Crippen LogP contribution in [0.3, 0.4) is 0 Å². The maximum Gasteiger partial charge on any atom is 0.146 e. The van der Waals surface area contributed by atoms with Crippen LogP contribution in [-0.4, -0.2) is 9.97 Å². The van der Waals surface area contributed by atoms with E-state index in [4.69, 9.17) is 16.6 Å². The summed E-state index contributed by atoms with van der Waals surface area (Å²) in [6, 6.07) is 0. The highest BCUT2D eigenvalue weighted by Gasteiger charge is 2.27. The van der Waals surface area contributed by atoms with Crippen LogP contribution in [0.5, 0.6) is 0 Å². The molecule has 0 aliphatic heterocycles. The Labute approximate surface area is 147 Å². The van der Waals surface area contributed by atoms with Gasteiger partial charge in [-0.3, -0.25) is 0 Å².